The Hall–Kier alpha value is -2.67. The number of amides is 1. The Balaban J connectivity index is 1.89. The largest absolute Gasteiger partial charge is 0.493 e. The molecule has 1 aromatic heterocycles. The van der Waals surface area contributed by atoms with E-state index in [-0.39, 0.29) is 11.9 Å². The molecule has 2 aromatic rings. The van der Waals surface area contributed by atoms with Gasteiger partial charge in [-0.1, -0.05) is 0 Å². The Morgan fingerprint density at radius 3 is 3.00 bits per heavy atom. The molecular weight excluding hydrogens is 332 g/mol. The van der Waals surface area contributed by atoms with Crippen LogP contribution in [0.2, 0.25) is 0 Å². The van der Waals surface area contributed by atoms with E-state index in [0.29, 0.717) is 37.1 Å². The first-order chi connectivity index (χ1) is 12.6. The van der Waals surface area contributed by atoms with Crippen LogP contribution in [0.3, 0.4) is 0 Å². The van der Waals surface area contributed by atoms with Crippen LogP contribution in [0.1, 0.15) is 29.8 Å². The van der Waals surface area contributed by atoms with Gasteiger partial charge in [0.15, 0.2) is 0 Å². The van der Waals surface area contributed by atoms with Crippen LogP contribution in [-0.4, -0.2) is 48.8 Å². The summed E-state index contributed by atoms with van der Waals surface area (Å²) in [6.45, 7) is 5.50. The first-order valence-electron chi connectivity index (χ1n) is 8.74. The predicted molar refractivity (Wildman–Crippen MR) is 100.0 cm³/mol. The number of nitrogens with zero attached hydrogens (tertiary/aromatic N) is 3. The Morgan fingerprint density at radius 2 is 2.23 bits per heavy atom. The summed E-state index contributed by atoms with van der Waals surface area (Å²) in [5, 5.41) is 3.16. The second-order valence-corrected chi connectivity index (χ2v) is 6.41. The van der Waals surface area contributed by atoms with Gasteiger partial charge in [-0.2, -0.15) is 4.98 Å². The lowest BCUT2D eigenvalue weighted by Crippen LogP contribution is -2.35. The van der Waals surface area contributed by atoms with Crippen LogP contribution in [-0.2, 0) is 11.2 Å². The number of aromatic nitrogens is 2. The summed E-state index contributed by atoms with van der Waals surface area (Å²) in [7, 11) is 1.61. The maximum absolute atomic E-state index is 13.1. The number of methoxy groups -OCH3 is 1. The van der Waals surface area contributed by atoms with E-state index >= 15 is 0 Å². The quantitative estimate of drug-likeness (QED) is 0.821. The molecule has 26 heavy (non-hydrogen) atoms. The Kier molecular flexibility index (Phi) is 5.68. The van der Waals surface area contributed by atoms with Crippen molar-refractivity contribution in [2.45, 2.75) is 26.3 Å². The Labute approximate surface area is 153 Å². The second kappa shape index (κ2) is 8.14. The molecule has 1 amide bonds. The zero-order chi connectivity index (χ0) is 18.5. The van der Waals surface area contributed by atoms with Crippen LogP contribution < -0.4 is 15.0 Å². The fourth-order valence-electron chi connectivity index (χ4n) is 2.81. The monoisotopic (exact) mass is 356 g/mol. The molecule has 1 N–H and O–H groups in total. The smallest absolute Gasteiger partial charge is 0.259 e. The standard InChI is InChI=1S/C19H24N4O3/c1-13(2)21-19-20-8-6-17(22-19)23(9-11-25-3)18(24)15-4-5-16-14(12-15)7-10-26-16/h4-6,8,12-13H,7,9-11H2,1-3H3,(H,20,21,22). The van der Waals surface area contributed by atoms with Crippen LogP contribution in [0, 0.1) is 0 Å². The molecule has 0 bridgehead atoms. The van der Waals surface area contributed by atoms with E-state index in [1.165, 1.54) is 0 Å². The van der Waals surface area contributed by atoms with Gasteiger partial charge in [-0.3, -0.25) is 9.69 Å². The number of hydrogen-bond acceptors (Lipinski definition) is 6. The van der Waals surface area contributed by atoms with Crippen molar-refractivity contribution in [2.24, 2.45) is 0 Å². The molecule has 0 saturated carbocycles. The maximum atomic E-state index is 13.1. The van der Waals surface area contributed by atoms with Gasteiger partial charge in [-0.05, 0) is 43.7 Å². The average Bonchev–Trinajstić information content (AvgIpc) is 3.09. The molecule has 0 atom stereocenters. The fraction of sp³-hybridized carbons (Fsp3) is 0.421. The second-order valence-electron chi connectivity index (χ2n) is 6.41. The molecule has 0 aliphatic carbocycles. The number of carbonyl (C=O) groups is 1. The molecule has 0 saturated heterocycles. The third-order valence-corrected chi connectivity index (χ3v) is 4.04. The SMILES string of the molecule is COCCN(C(=O)c1ccc2c(c1)CCO2)c1ccnc(NC(C)C)n1. The molecular formula is C19H24N4O3. The number of hydrogen-bond donors (Lipinski definition) is 1. The summed E-state index contributed by atoms with van der Waals surface area (Å²) in [4.78, 5) is 23.5. The third kappa shape index (κ3) is 4.11. The zero-order valence-electron chi connectivity index (χ0n) is 15.4. The lowest BCUT2D eigenvalue weighted by atomic mass is 10.1. The summed E-state index contributed by atoms with van der Waals surface area (Å²) < 4.78 is 10.7. The molecule has 3 rings (SSSR count). The van der Waals surface area contributed by atoms with Crippen molar-refractivity contribution in [1.82, 2.24) is 9.97 Å². The Morgan fingerprint density at radius 1 is 1.38 bits per heavy atom. The number of nitrogens with one attached hydrogen (secondary N) is 1. The van der Waals surface area contributed by atoms with E-state index in [4.69, 9.17) is 9.47 Å². The minimum absolute atomic E-state index is 0.119. The lowest BCUT2D eigenvalue weighted by molar-refractivity contribution is 0.0975. The highest BCUT2D eigenvalue weighted by atomic mass is 16.5. The molecule has 0 radical (unpaired) electrons. The third-order valence-electron chi connectivity index (χ3n) is 4.04. The van der Waals surface area contributed by atoms with Crippen molar-refractivity contribution in [1.29, 1.82) is 0 Å². The van der Waals surface area contributed by atoms with Gasteiger partial charge >= 0.3 is 0 Å². The van der Waals surface area contributed by atoms with E-state index in [1.807, 2.05) is 26.0 Å². The van der Waals surface area contributed by atoms with Crippen molar-refractivity contribution in [3.05, 3.63) is 41.6 Å². The molecule has 7 heteroatoms. The summed E-state index contributed by atoms with van der Waals surface area (Å²) in [5.74, 6) is 1.78. The van der Waals surface area contributed by atoms with Crippen LogP contribution in [0.5, 0.6) is 5.75 Å². The molecule has 1 aromatic carbocycles. The summed E-state index contributed by atoms with van der Waals surface area (Å²) >= 11 is 0. The average molecular weight is 356 g/mol. The van der Waals surface area contributed by atoms with Crippen molar-refractivity contribution < 1.29 is 14.3 Å². The van der Waals surface area contributed by atoms with Gasteiger partial charge in [-0.15, -0.1) is 0 Å². The first kappa shape index (κ1) is 18.1. The molecule has 1 aliphatic rings. The molecule has 2 heterocycles. The molecule has 138 valence electrons. The van der Waals surface area contributed by atoms with Crippen molar-refractivity contribution in [2.75, 3.05) is 37.1 Å². The molecule has 1 aliphatic heterocycles. The van der Waals surface area contributed by atoms with E-state index in [9.17, 15) is 4.79 Å². The summed E-state index contributed by atoms with van der Waals surface area (Å²) in [6.07, 6.45) is 2.47. The maximum Gasteiger partial charge on any atom is 0.259 e. The highest BCUT2D eigenvalue weighted by molar-refractivity contribution is 6.05. The number of benzene rings is 1. The van der Waals surface area contributed by atoms with Crippen LogP contribution in [0.4, 0.5) is 11.8 Å². The van der Waals surface area contributed by atoms with Gasteiger partial charge in [0, 0.05) is 31.3 Å². The van der Waals surface area contributed by atoms with Gasteiger partial charge in [0.1, 0.15) is 11.6 Å². The normalized spacial score (nSPS) is 12.6. The lowest BCUT2D eigenvalue weighted by Gasteiger charge is -2.22. The minimum Gasteiger partial charge on any atom is -0.493 e. The number of anilines is 2. The number of rotatable bonds is 7. The van der Waals surface area contributed by atoms with Gasteiger partial charge in [0.25, 0.3) is 5.91 Å². The van der Waals surface area contributed by atoms with Crippen molar-refractivity contribution in [3.8, 4) is 5.75 Å². The molecule has 7 nitrogen and oxygen atoms in total. The fourth-order valence-corrected chi connectivity index (χ4v) is 2.81. The molecule has 0 unspecified atom stereocenters. The minimum atomic E-state index is -0.119. The van der Waals surface area contributed by atoms with E-state index < -0.39 is 0 Å². The van der Waals surface area contributed by atoms with Crippen molar-refractivity contribution >= 4 is 17.7 Å². The Bertz CT molecular complexity index is 779. The van der Waals surface area contributed by atoms with Crippen LogP contribution in [0.15, 0.2) is 30.5 Å². The molecule has 0 fully saturated rings. The number of ether oxygens (including phenoxy) is 2. The van der Waals surface area contributed by atoms with Crippen LogP contribution >= 0.6 is 0 Å². The highest BCUT2D eigenvalue weighted by Crippen LogP contribution is 2.27. The van der Waals surface area contributed by atoms with E-state index in [2.05, 4.69) is 15.3 Å². The number of carbonyl (C=O) groups excluding carboxylic acids is 1. The first-order valence-corrected chi connectivity index (χ1v) is 8.74. The van der Waals surface area contributed by atoms with E-state index in [0.717, 1.165) is 17.7 Å². The highest BCUT2D eigenvalue weighted by Gasteiger charge is 2.22. The van der Waals surface area contributed by atoms with Crippen LogP contribution in [0.25, 0.3) is 0 Å². The topological polar surface area (TPSA) is 76.6 Å². The zero-order valence-corrected chi connectivity index (χ0v) is 15.4. The predicted octanol–water partition coefficient (Wildman–Crippen LogP) is 2.53. The van der Waals surface area contributed by atoms with Gasteiger partial charge in [-0.25, -0.2) is 4.98 Å². The summed E-state index contributed by atoms with van der Waals surface area (Å²) in [6, 6.07) is 7.48. The van der Waals surface area contributed by atoms with Gasteiger partial charge in [0.05, 0.1) is 19.8 Å². The van der Waals surface area contributed by atoms with E-state index in [1.54, 1.807) is 30.3 Å². The number of fused-ring (bicyclic) bond motifs is 1. The summed E-state index contributed by atoms with van der Waals surface area (Å²) in [5.41, 5.74) is 1.68. The van der Waals surface area contributed by atoms with Crippen molar-refractivity contribution in [3.63, 3.8) is 0 Å². The van der Waals surface area contributed by atoms with Gasteiger partial charge < -0.3 is 14.8 Å². The van der Waals surface area contributed by atoms with Gasteiger partial charge in [0.2, 0.25) is 5.95 Å². The molecule has 0 spiro atoms.